The molecule has 0 saturated heterocycles. The topological polar surface area (TPSA) is 75.4 Å². The zero-order valence-corrected chi connectivity index (χ0v) is 10.4. The van der Waals surface area contributed by atoms with E-state index < -0.39 is 5.97 Å². The second kappa shape index (κ2) is 5.10. The van der Waals surface area contributed by atoms with Crippen LogP contribution in [0.3, 0.4) is 0 Å². The molecular formula is C12H11ClN2O3. The Morgan fingerprint density at radius 3 is 3.00 bits per heavy atom. The van der Waals surface area contributed by atoms with Crippen molar-refractivity contribution < 1.29 is 14.3 Å². The first kappa shape index (κ1) is 12.4. The van der Waals surface area contributed by atoms with Crippen LogP contribution in [-0.4, -0.2) is 16.1 Å². The Kier molecular flexibility index (Phi) is 3.53. The van der Waals surface area contributed by atoms with Crippen LogP contribution in [0.5, 0.6) is 0 Å². The fraction of sp³-hybridized carbons (Fsp3) is 0.167. The molecule has 0 aliphatic carbocycles. The van der Waals surface area contributed by atoms with Crippen molar-refractivity contribution in [3.05, 3.63) is 46.6 Å². The van der Waals surface area contributed by atoms with Gasteiger partial charge < -0.3 is 14.8 Å². The summed E-state index contributed by atoms with van der Waals surface area (Å²) in [6.45, 7) is 2.19. The summed E-state index contributed by atoms with van der Waals surface area (Å²) in [6, 6.07) is 5.51. The Hall–Kier alpha value is -2.01. The van der Waals surface area contributed by atoms with Gasteiger partial charge in [0, 0.05) is 10.7 Å². The molecule has 2 rings (SSSR count). The normalized spacial score (nSPS) is 10.3. The van der Waals surface area contributed by atoms with E-state index in [1.54, 1.807) is 6.07 Å². The largest absolute Gasteiger partial charge is 0.476 e. The van der Waals surface area contributed by atoms with Gasteiger partial charge in [0.15, 0.2) is 5.69 Å². The van der Waals surface area contributed by atoms with E-state index in [9.17, 15) is 4.79 Å². The molecule has 0 aliphatic heterocycles. The number of nitrogens with zero attached hydrogens (tertiary/aromatic N) is 1. The lowest BCUT2D eigenvalue weighted by Crippen LogP contribution is -2.03. The number of halogens is 1. The Bertz CT molecular complexity index is 580. The van der Waals surface area contributed by atoms with Crippen molar-refractivity contribution in [2.24, 2.45) is 0 Å². The third-order valence-electron chi connectivity index (χ3n) is 2.47. The summed E-state index contributed by atoms with van der Waals surface area (Å²) in [7, 11) is 0. The summed E-state index contributed by atoms with van der Waals surface area (Å²) in [5.74, 6) is -0.796. The molecule has 6 heteroatoms. The standard InChI is InChI=1S/C12H11ClN2O3/c1-7-8(13)3-2-4-9(7)14-5-11-15-10(6-18-11)12(16)17/h2-4,6,14H,5H2,1H3,(H,16,17). The number of aromatic carboxylic acids is 1. The van der Waals surface area contributed by atoms with Gasteiger partial charge in [-0.1, -0.05) is 17.7 Å². The maximum absolute atomic E-state index is 10.6. The number of carboxylic acids is 1. The predicted molar refractivity (Wildman–Crippen MR) is 67.0 cm³/mol. The lowest BCUT2D eigenvalue weighted by atomic mass is 10.2. The summed E-state index contributed by atoms with van der Waals surface area (Å²) in [4.78, 5) is 14.4. The van der Waals surface area contributed by atoms with Gasteiger partial charge in [-0.15, -0.1) is 0 Å². The smallest absolute Gasteiger partial charge is 0.357 e. The van der Waals surface area contributed by atoms with Crippen LogP contribution in [0.25, 0.3) is 0 Å². The van der Waals surface area contributed by atoms with Crippen LogP contribution >= 0.6 is 11.6 Å². The van der Waals surface area contributed by atoms with Crippen LogP contribution in [0.4, 0.5) is 5.69 Å². The number of carbonyl (C=O) groups is 1. The van der Waals surface area contributed by atoms with E-state index in [2.05, 4.69) is 10.3 Å². The SMILES string of the molecule is Cc1c(Cl)cccc1NCc1nc(C(=O)O)co1. The van der Waals surface area contributed by atoms with E-state index in [0.29, 0.717) is 17.5 Å². The first-order valence-electron chi connectivity index (χ1n) is 5.24. The number of nitrogens with one attached hydrogen (secondary N) is 1. The van der Waals surface area contributed by atoms with Gasteiger partial charge in [-0.3, -0.25) is 0 Å². The zero-order valence-electron chi connectivity index (χ0n) is 9.61. The van der Waals surface area contributed by atoms with Crippen molar-refractivity contribution >= 4 is 23.3 Å². The molecule has 2 aromatic rings. The molecule has 1 aromatic heterocycles. The third-order valence-corrected chi connectivity index (χ3v) is 2.88. The first-order valence-corrected chi connectivity index (χ1v) is 5.62. The Morgan fingerprint density at radius 2 is 2.33 bits per heavy atom. The number of aromatic nitrogens is 1. The Labute approximate surface area is 108 Å². The van der Waals surface area contributed by atoms with Crippen LogP contribution in [0, 0.1) is 6.92 Å². The average molecular weight is 267 g/mol. The molecule has 5 nitrogen and oxygen atoms in total. The highest BCUT2D eigenvalue weighted by Crippen LogP contribution is 2.23. The van der Waals surface area contributed by atoms with E-state index in [0.717, 1.165) is 17.5 Å². The van der Waals surface area contributed by atoms with E-state index in [-0.39, 0.29) is 5.69 Å². The average Bonchev–Trinajstić information content (AvgIpc) is 2.80. The van der Waals surface area contributed by atoms with E-state index in [4.69, 9.17) is 21.1 Å². The molecule has 0 aliphatic rings. The van der Waals surface area contributed by atoms with Crippen molar-refractivity contribution in [2.45, 2.75) is 13.5 Å². The van der Waals surface area contributed by atoms with E-state index in [1.165, 1.54) is 0 Å². The van der Waals surface area contributed by atoms with Gasteiger partial charge in [-0.2, -0.15) is 0 Å². The highest BCUT2D eigenvalue weighted by molar-refractivity contribution is 6.31. The molecule has 0 fully saturated rings. The minimum atomic E-state index is -1.11. The molecule has 0 radical (unpaired) electrons. The second-order valence-electron chi connectivity index (χ2n) is 3.70. The van der Waals surface area contributed by atoms with Crippen molar-refractivity contribution in [2.75, 3.05) is 5.32 Å². The van der Waals surface area contributed by atoms with Gasteiger partial charge in [-0.05, 0) is 24.6 Å². The number of benzene rings is 1. The van der Waals surface area contributed by atoms with Crippen molar-refractivity contribution in [1.29, 1.82) is 0 Å². The highest BCUT2D eigenvalue weighted by atomic mass is 35.5. The predicted octanol–water partition coefficient (Wildman–Crippen LogP) is 2.95. The maximum Gasteiger partial charge on any atom is 0.357 e. The quantitative estimate of drug-likeness (QED) is 0.890. The molecule has 0 amide bonds. The number of anilines is 1. The molecule has 18 heavy (non-hydrogen) atoms. The lowest BCUT2D eigenvalue weighted by Gasteiger charge is -2.08. The van der Waals surface area contributed by atoms with Crippen molar-refractivity contribution in [3.63, 3.8) is 0 Å². The van der Waals surface area contributed by atoms with Gasteiger partial charge in [0.1, 0.15) is 6.26 Å². The highest BCUT2D eigenvalue weighted by Gasteiger charge is 2.10. The molecule has 94 valence electrons. The molecule has 0 bridgehead atoms. The molecule has 0 spiro atoms. The Morgan fingerprint density at radius 1 is 1.56 bits per heavy atom. The number of carboxylic acid groups (broad SMARTS) is 1. The van der Waals surface area contributed by atoms with Crippen LogP contribution in [-0.2, 0) is 6.54 Å². The van der Waals surface area contributed by atoms with Crippen LogP contribution < -0.4 is 5.32 Å². The summed E-state index contributed by atoms with van der Waals surface area (Å²) in [6.07, 6.45) is 1.12. The monoisotopic (exact) mass is 266 g/mol. The second-order valence-corrected chi connectivity index (χ2v) is 4.10. The fourth-order valence-corrected chi connectivity index (χ4v) is 1.63. The summed E-state index contributed by atoms with van der Waals surface area (Å²) in [5, 5.41) is 12.5. The molecule has 1 aromatic carbocycles. The number of hydrogen-bond donors (Lipinski definition) is 2. The first-order chi connectivity index (χ1) is 8.58. The van der Waals surface area contributed by atoms with Crippen LogP contribution in [0.15, 0.2) is 28.9 Å². The molecule has 1 heterocycles. The minimum Gasteiger partial charge on any atom is -0.476 e. The van der Waals surface area contributed by atoms with Gasteiger partial charge in [-0.25, -0.2) is 9.78 Å². The Balaban J connectivity index is 2.07. The maximum atomic E-state index is 10.6. The fourth-order valence-electron chi connectivity index (χ4n) is 1.46. The molecule has 2 N–H and O–H groups in total. The number of oxazole rings is 1. The van der Waals surface area contributed by atoms with Gasteiger partial charge in [0.2, 0.25) is 5.89 Å². The molecular weight excluding hydrogens is 256 g/mol. The third kappa shape index (κ3) is 2.62. The summed E-state index contributed by atoms with van der Waals surface area (Å²) in [5.41, 5.74) is 1.68. The minimum absolute atomic E-state index is 0.102. The van der Waals surface area contributed by atoms with Gasteiger partial charge >= 0.3 is 5.97 Å². The van der Waals surface area contributed by atoms with Crippen molar-refractivity contribution in [3.8, 4) is 0 Å². The zero-order chi connectivity index (χ0) is 13.1. The molecule has 0 saturated carbocycles. The van der Waals surface area contributed by atoms with Gasteiger partial charge in [0.05, 0.1) is 6.54 Å². The van der Waals surface area contributed by atoms with Crippen LogP contribution in [0.1, 0.15) is 21.9 Å². The summed E-state index contributed by atoms with van der Waals surface area (Å²) >= 11 is 5.98. The lowest BCUT2D eigenvalue weighted by molar-refractivity contribution is 0.0690. The van der Waals surface area contributed by atoms with Gasteiger partial charge in [0.25, 0.3) is 0 Å². The van der Waals surface area contributed by atoms with E-state index in [1.807, 2.05) is 19.1 Å². The summed E-state index contributed by atoms with van der Waals surface area (Å²) < 4.78 is 5.03. The molecule has 0 atom stereocenters. The van der Waals surface area contributed by atoms with E-state index >= 15 is 0 Å². The number of rotatable bonds is 4. The van der Waals surface area contributed by atoms with Crippen molar-refractivity contribution in [1.82, 2.24) is 4.98 Å². The van der Waals surface area contributed by atoms with Crippen LogP contribution in [0.2, 0.25) is 5.02 Å². The molecule has 0 unspecified atom stereocenters. The number of hydrogen-bond acceptors (Lipinski definition) is 4.